The van der Waals surface area contributed by atoms with Crippen LogP contribution in [-0.2, 0) is 43.8 Å². The SMILES string of the molecule is C=CCN1CC(=O)N2[C@@H](Cc3ccc(O)cc3)C(=O)N(Cc3cccc4ccn(S(=O)(=O)c5ccc(C)cc5)c34)C[C@@H]2N1C(=O)CCc1ccc(I)cc1. The van der Waals surface area contributed by atoms with E-state index in [1.807, 2.05) is 43.3 Å². The van der Waals surface area contributed by atoms with Crippen LogP contribution in [0.15, 0.2) is 121 Å². The molecule has 3 amide bonds. The second-order valence-electron chi connectivity index (χ2n) is 13.7. The van der Waals surface area contributed by atoms with Gasteiger partial charge in [-0.05, 0) is 95.1 Å². The normalized spacial score (nSPS) is 17.9. The van der Waals surface area contributed by atoms with E-state index in [0.29, 0.717) is 22.9 Å². The smallest absolute Gasteiger partial charge is 0.268 e. The zero-order valence-electron chi connectivity index (χ0n) is 29.7. The summed E-state index contributed by atoms with van der Waals surface area (Å²) in [5.74, 6) is -0.743. The summed E-state index contributed by atoms with van der Waals surface area (Å²) < 4.78 is 30.3. The van der Waals surface area contributed by atoms with E-state index in [1.165, 1.54) is 22.3 Å². The fourth-order valence-electron chi connectivity index (χ4n) is 7.37. The van der Waals surface area contributed by atoms with E-state index in [-0.39, 0.29) is 67.4 Å². The Kier molecular flexibility index (Phi) is 10.6. The molecule has 7 rings (SSSR count). The number of aromatic nitrogens is 1. The lowest BCUT2D eigenvalue weighted by Gasteiger charge is -2.55. The summed E-state index contributed by atoms with van der Waals surface area (Å²) in [7, 11) is -3.99. The van der Waals surface area contributed by atoms with Crippen molar-refractivity contribution in [3.8, 4) is 5.75 Å². The Hall–Kier alpha value is -4.99. The van der Waals surface area contributed by atoms with Gasteiger partial charge in [0.05, 0.1) is 23.5 Å². The Morgan fingerprint density at radius 3 is 2.35 bits per heavy atom. The van der Waals surface area contributed by atoms with Gasteiger partial charge in [0.2, 0.25) is 17.7 Å². The fourth-order valence-corrected chi connectivity index (χ4v) is 9.12. The minimum absolute atomic E-state index is 0.00136. The molecule has 2 aliphatic heterocycles. The van der Waals surface area contributed by atoms with Gasteiger partial charge in [-0.3, -0.25) is 14.4 Å². The number of phenols is 1. The Labute approximate surface area is 328 Å². The third kappa shape index (κ3) is 7.39. The number of phenolic OH excluding ortho intramolecular Hbond substituents is 1. The molecule has 1 aromatic heterocycles. The highest BCUT2D eigenvalue weighted by molar-refractivity contribution is 14.1. The van der Waals surface area contributed by atoms with E-state index in [0.717, 1.165) is 20.3 Å². The number of rotatable bonds is 11. The van der Waals surface area contributed by atoms with Gasteiger partial charge < -0.3 is 14.9 Å². The molecule has 2 aliphatic rings. The van der Waals surface area contributed by atoms with Crippen LogP contribution >= 0.6 is 22.6 Å². The summed E-state index contributed by atoms with van der Waals surface area (Å²) >= 11 is 2.24. The van der Waals surface area contributed by atoms with Crippen molar-refractivity contribution >= 4 is 61.2 Å². The van der Waals surface area contributed by atoms with Crippen molar-refractivity contribution in [3.05, 3.63) is 142 Å². The molecule has 0 radical (unpaired) electrons. The molecule has 0 unspecified atom stereocenters. The molecule has 11 nitrogen and oxygen atoms in total. The number of benzene rings is 4. The molecule has 0 saturated carbocycles. The second-order valence-corrected chi connectivity index (χ2v) is 16.7. The lowest BCUT2D eigenvalue weighted by molar-refractivity contribution is -0.205. The minimum Gasteiger partial charge on any atom is -0.508 e. The van der Waals surface area contributed by atoms with Crippen LogP contribution in [-0.4, -0.2) is 86.9 Å². The highest BCUT2D eigenvalue weighted by Crippen LogP contribution is 2.32. The summed E-state index contributed by atoms with van der Waals surface area (Å²) in [6.07, 6.45) is 3.14. The lowest BCUT2D eigenvalue weighted by atomic mass is 9.97. The molecule has 54 heavy (non-hydrogen) atoms. The Morgan fingerprint density at radius 1 is 0.944 bits per heavy atom. The van der Waals surface area contributed by atoms with Crippen molar-refractivity contribution in [1.82, 2.24) is 23.8 Å². The number of hydrogen-bond donors (Lipinski definition) is 1. The van der Waals surface area contributed by atoms with Gasteiger partial charge in [-0.15, -0.1) is 6.58 Å². The number of fused-ring (bicyclic) bond motifs is 2. The maximum Gasteiger partial charge on any atom is 0.268 e. The first-order valence-electron chi connectivity index (χ1n) is 17.7. The van der Waals surface area contributed by atoms with Crippen molar-refractivity contribution in [1.29, 1.82) is 0 Å². The highest BCUT2D eigenvalue weighted by Gasteiger charge is 2.51. The van der Waals surface area contributed by atoms with Crippen LogP contribution in [0.2, 0.25) is 0 Å². The van der Waals surface area contributed by atoms with Crippen molar-refractivity contribution in [2.45, 2.75) is 49.8 Å². The van der Waals surface area contributed by atoms with Crippen LogP contribution in [0.5, 0.6) is 5.75 Å². The van der Waals surface area contributed by atoms with Crippen LogP contribution in [0.1, 0.15) is 28.7 Å². The van der Waals surface area contributed by atoms with E-state index < -0.39 is 22.2 Å². The van der Waals surface area contributed by atoms with E-state index >= 15 is 0 Å². The maximum absolute atomic E-state index is 14.7. The van der Waals surface area contributed by atoms with E-state index in [1.54, 1.807) is 74.4 Å². The van der Waals surface area contributed by atoms with Crippen LogP contribution in [0.25, 0.3) is 10.9 Å². The number of carbonyl (C=O) groups excluding carboxylic acids is 3. The van der Waals surface area contributed by atoms with Gasteiger partial charge >= 0.3 is 0 Å². The third-order valence-corrected chi connectivity index (χ3v) is 12.4. The standard InChI is InChI=1S/C41H40IN5O6S/c1-3-22-44-27-39(50)46-36(24-30-11-16-34(48)17-12-30)41(51)43(26-37(46)47(44)38(49)20-13-29-9-14-33(42)15-10-29)25-32-6-4-5-31-21-23-45(40(31)32)54(52,53)35-18-7-28(2)8-19-35/h3-12,14-19,21,23,36-37,48H,1,13,20,22,24-27H2,2H3/t36-,37-/m0/s1. The molecule has 13 heteroatoms. The molecule has 278 valence electrons. The predicted octanol–water partition coefficient (Wildman–Crippen LogP) is 5.48. The average Bonchev–Trinajstić information content (AvgIpc) is 3.60. The molecule has 0 bridgehead atoms. The van der Waals surface area contributed by atoms with Crippen LogP contribution in [0, 0.1) is 10.5 Å². The van der Waals surface area contributed by atoms with Gasteiger partial charge in [0, 0.05) is 41.1 Å². The van der Waals surface area contributed by atoms with Crippen molar-refractivity contribution in [2.24, 2.45) is 0 Å². The number of hydrogen-bond acceptors (Lipinski definition) is 7. The average molecular weight is 858 g/mol. The Morgan fingerprint density at radius 2 is 1.65 bits per heavy atom. The first-order valence-corrected chi connectivity index (χ1v) is 20.2. The van der Waals surface area contributed by atoms with E-state index in [2.05, 4.69) is 29.2 Å². The number of hydrazine groups is 1. The number of para-hydroxylation sites is 1. The van der Waals surface area contributed by atoms with Gasteiger partial charge in [-0.25, -0.2) is 22.4 Å². The molecular weight excluding hydrogens is 817 g/mol. The predicted molar refractivity (Wildman–Crippen MR) is 213 cm³/mol. The first-order chi connectivity index (χ1) is 25.9. The molecule has 4 aromatic carbocycles. The van der Waals surface area contributed by atoms with Crippen LogP contribution < -0.4 is 0 Å². The van der Waals surface area contributed by atoms with Crippen LogP contribution in [0.4, 0.5) is 0 Å². The van der Waals surface area contributed by atoms with E-state index in [9.17, 15) is 27.9 Å². The quantitative estimate of drug-likeness (QED) is 0.138. The molecule has 0 spiro atoms. The van der Waals surface area contributed by atoms with Crippen LogP contribution in [0.3, 0.4) is 0 Å². The molecule has 2 atom stereocenters. The molecule has 3 heterocycles. The number of piperazine rings is 1. The van der Waals surface area contributed by atoms with E-state index in [4.69, 9.17) is 0 Å². The number of amides is 3. The van der Waals surface area contributed by atoms with Crippen molar-refractivity contribution in [3.63, 3.8) is 0 Å². The molecule has 2 fully saturated rings. The first kappa shape index (κ1) is 37.3. The zero-order valence-corrected chi connectivity index (χ0v) is 32.7. The second kappa shape index (κ2) is 15.4. The summed E-state index contributed by atoms with van der Waals surface area (Å²) in [5.41, 5.74) is 3.71. The topological polar surface area (TPSA) is 123 Å². The monoisotopic (exact) mass is 857 g/mol. The number of halogens is 1. The Balaban J connectivity index is 1.28. The third-order valence-electron chi connectivity index (χ3n) is 10.0. The van der Waals surface area contributed by atoms with Gasteiger partial charge in [0.1, 0.15) is 18.0 Å². The number of nitrogens with zero attached hydrogens (tertiary/aromatic N) is 5. The summed E-state index contributed by atoms with van der Waals surface area (Å²) in [5, 5.41) is 14.0. The minimum atomic E-state index is -3.99. The molecule has 5 aromatic rings. The van der Waals surface area contributed by atoms with Gasteiger partial charge in [0.25, 0.3) is 10.0 Å². The van der Waals surface area contributed by atoms with Crippen molar-refractivity contribution < 1.29 is 27.9 Å². The molecule has 0 aliphatic carbocycles. The molecule has 2 saturated heterocycles. The molecular formula is C41H40IN5O6S. The Bertz CT molecular complexity index is 2330. The fraction of sp³-hybridized carbons (Fsp3) is 0.244. The van der Waals surface area contributed by atoms with Crippen molar-refractivity contribution in [2.75, 3.05) is 19.6 Å². The number of aromatic hydroxyl groups is 1. The molecule has 1 N–H and O–H groups in total. The summed E-state index contributed by atoms with van der Waals surface area (Å²) in [6.45, 7) is 5.93. The lowest BCUT2D eigenvalue weighted by Crippen LogP contribution is -2.75. The largest absolute Gasteiger partial charge is 0.508 e. The van der Waals surface area contributed by atoms with Gasteiger partial charge in [-0.2, -0.15) is 0 Å². The zero-order chi connectivity index (χ0) is 38.1. The van der Waals surface area contributed by atoms with Gasteiger partial charge in [0.15, 0.2) is 0 Å². The summed E-state index contributed by atoms with van der Waals surface area (Å²) in [4.78, 5) is 46.3. The number of carbonyl (C=O) groups is 3. The highest BCUT2D eigenvalue weighted by atomic mass is 127. The van der Waals surface area contributed by atoms with Gasteiger partial charge in [-0.1, -0.05) is 66.2 Å². The maximum atomic E-state index is 14.7. The number of aryl methyl sites for hydroxylation is 2. The summed E-state index contributed by atoms with van der Waals surface area (Å²) in [6, 6.07) is 27.3.